The molecule has 1 atom stereocenters. The maximum absolute atomic E-state index is 14.7. The van der Waals surface area contributed by atoms with Crippen LogP contribution in [0.2, 0.25) is 0 Å². The van der Waals surface area contributed by atoms with Crippen molar-refractivity contribution in [3.05, 3.63) is 125 Å². The number of hydrogen-bond donors (Lipinski definition) is 1. The molecule has 8 nitrogen and oxygen atoms in total. The SMILES string of the molecule is CCOc1ccc(N(CC(=O)N(Cc2cccc(C)c2)[C@H](Cc2ccccc2)C(=O)NC2CCCC2)S(=O)(=O)c2ccc(C)cc2)cc1. The van der Waals surface area contributed by atoms with Gasteiger partial charge in [-0.1, -0.05) is 90.7 Å². The van der Waals surface area contributed by atoms with Crippen molar-refractivity contribution < 1.29 is 22.7 Å². The zero-order valence-electron chi connectivity index (χ0n) is 28.0. The monoisotopic (exact) mass is 667 g/mol. The average molecular weight is 668 g/mol. The van der Waals surface area contributed by atoms with Crippen LogP contribution in [0.4, 0.5) is 5.69 Å². The largest absolute Gasteiger partial charge is 0.494 e. The van der Waals surface area contributed by atoms with Gasteiger partial charge in [0.15, 0.2) is 0 Å². The van der Waals surface area contributed by atoms with Crippen LogP contribution in [-0.4, -0.2) is 50.4 Å². The highest BCUT2D eigenvalue weighted by atomic mass is 32.2. The standard InChI is InChI=1S/C39H45N3O5S/c1-4-47-35-21-19-34(20-22-35)42(48(45,46)36-23-17-29(2)18-24-36)28-38(43)41(27-32-14-10-11-30(3)25-32)37(26-31-12-6-5-7-13-31)39(44)40-33-15-8-9-16-33/h5-7,10-14,17-25,33,37H,4,8-9,15-16,26-28H2,1-3H3,(H,40,44)/t37-/m1/s1. The highest BCUT2D eigenvalue weighted by Gasteiger charge is 2.35. The molecule has 4 aromatic rings. The second-order valence-corrected chi connectivity index (χ2v) is 14.3. The Bertz CT molecular complexity index is 1770. The fraction of sp³-hybridized carbons (Fsp3) is 0.333. The van der Waals surface area contributed by atoms with Gasteiger partial charge in [0, 0.05) is 19.0 Å². The molecule has 1 aliphatic carbocycles. The van der Waals surface area contributed by atoms with E-state index in [1.54, 1.807) is 53.4 Å². The normalized spacial score (nSPS) is 13.9. The quantitative estimate of drug-likeness (QED) is 0.164. The molecule has 252 valence electrons. The summed E-state index contributed by atoms with van der Waals surface area (Å²) < 4.78 is 35.3. The zero-order valence-corrected chi connectivity index (χ0v) is 28.8. The molecule has 0 unspecified atom stereocenters. The van der Waals surface area contributed by atoms with Crippen LogP contribution < -0.4 is 14.4 Å². The predicted octanol–water partition coefficient (Wildman–Crippen LogP) is 6.60. The molecule has 5 rings (SSSR count). The lowest BCUT2D eigenvalue weighted by Gasteiger charge is -2.34. The molecule has 0 aliphatic heterocycles. The van der Waals surface area contributed by atoms with E-state index in [2.05, 4.69) is 5.32 Å². The highest BCUT2D eigenvalue weighted by molar-refractivity contribution is 7.92. The van der Waals surface area contributed by atoms with Crippen LogP contribution in [0.15, 0.2) is 108 Å². The minimum Gasteiger partial charge on any atom is -0.494 e. The summed E-state index contributed by atoms with van der Waals surface area (Å²) in [7, 11) is -4.18. The number of rotatable bonds is 14. The van der Waals surface area contributed by atoms with Crippen molar-refractivity contribution in [2.24, 2.45) is 0 Å². The number of sulfonamides is 1. The maximum Gasteiger partial charge on any atom is 0.264 e. The molecule has 1 N–H and O–H groups in total. The van der Waals surface area contributed by atoms with Gasteiger partial charge in [-0.15, -0.1) is 0 Å². The lowest BCUT2D eigenvalue weighted by Crippen LogP contribution is -2.54. The molecular weight excluding hydrogens is 623 g/mol. The molecule has 4 aromatic carbocycles. The molecule has 1 aliphatic rings. The predicted molar refractivity (Wildman–Crippen MR) is 189 cm³/mol. The summed E-state index contributed by atoms with van der Waals surface area (Å²) in [6, 6.07) is 29.9. The molecular formula is C39H45N3O5S. The van der Waals surface area contributed by atoms with Crippen molar-refractivity contribution >= 4 is 27.5 Å². The molecule has 0 heterocycles. The van der Waals surface area contributed by atoms with E-state index in [0.29, 0.717) is 18.0 Å². The van der Waals surface area contributed by atoms with E-state index in [4.69, 9.17) is 4.74 Å². The number of nitrogens with one attached hydrogen (secondary N) is 1. The molecule has 0 radical (unpaired) electrons. The van der Waals surface area contributed by atoms with Gasteiger partial charge in [0.25, 0.3) is 10.0 Å². The molecule has 9 heteroatoms. The van der Waals surface area contributed by atoms with Gasteiger partial charge in [-0.25, -0.2) is 8.42 Å². The van der Waals surface area contributed by atoms with Crippen molar-refractivity contribution in [2.75, 3.05) is 17.5 Å². The second-order valence-electron chi connectivity index (χ2n) is 12.5. The van der Waals surface area contributed by atoms with E-state index in [1.807, 2.05) is 75.4 Å². The van der Waals surface area contributed by atoms with Crippen molar-refractivity contribution in [3.63, 3.8) is 0 Å². The molecule has 2 amide bonds. The van der Waals surface area contributed by atoms with Gasteiger partial charge in [0.1, 0.15) is 18.3 Å². The summed E-state index contributed by atoms with van der Waals surface area (Å²) in [5, 5.41) is 3.22. The number of benzene rings is 4. The number of anilines is 1. The van der Waals surface area contributed by atoms with Crippen LogP contribution in [0.3, 0.4) is 0 Å². The van der Waals surface area contributed by atoms with Gasteiger partial charge in [-0.05, 0) is 81.1 Å². The lowest BCUT2D eigenvalue weighted by molar-refractivity contribution is -0.140. The van der Waals surface area contributed by atoms with Crippen LogP contribution in [-0.2, 0) is 32.6 Å². The Labute approximate surface area is 284 Å². The van der Waals surface area contributed by atoms with Crippen LogP contribution in [0, 0.1) is 13.8 Å². The number of aryl methyl sites for hydroxylation is 2. The van der Waals surface area contributed by atoms with E-state index >= 15 is 0 Å². The van der Waals surface area contributed by atoms with Gasteiger partial charge in [-0.2, -0.15) is 0 Å². The molecule has 0 saturated heterocycles. The van der Waals surface area contributed by atoms with Gasteiger partial charge in [0.05, 0.1) is 17.2 Å². The number of nitrogens with zero attached hydrogens (tertiary/aromatic N) is 2. The first kappa shape index (κ1) is 34.7. The Kier molecular flexibility index (Phi) is 11.5. The van der Waals surface area contributed by atoms with Crippen LogP contribution >= 0.6 is 0 Å². The lowest BCUT2D eigenvalue weighted by atomic mass is 10.0. The first-order valence-electron chi connectivity index (χ1n) is 16.7. The fourth-order valence-corrected chi connectivity index (χ4v) is 7.58. The third-order valence-electron chi connectivity index (χ3n) is 8.73. The number of carbonyl (C=O) groups excluding carboxylic acids is 2. The van der Waals surface area contributed by atoms with Crippen LogP contribution in [0.5, 0.6) is 5.75 Å². The summed E-state index contributed by atoms with van der Waals surface area (Å²) in [6.07, 6.45) is 4.18. The second kappa shape index (κ2) is 16.0. The topological polar surface area (TPSA) is 96.0 Å². The minimum absolute atomic E-state index is 0.0500. The van der Waals surface area contributed by atoms with Gasteiger partial charge in [0.2, 0.25) is 11.8 Å². The fourth-order valence-electron chi connectivity index (χ4n) is 6.17. The maximum atomic E-state index is 14.7. The van der Waals surface area contributed by atoms with Crippen molar-refractivity contribution in [1.29, 1.82) is 0 Å². The van der Waals surface area contributed by atoms with Crippen LogP contribution in [0.25, 0.3) is 0 Å². The summed E-state index contributed by atoms with van der Waals surface area (Å²) in [5.74, 6) is -0.128. The summed E-state index contributed by atoms with van der Waals surface area (Å²) in [6.45, 7) is 5.83. The summed E-state index contributed by atoms with van der Waals surface area (Å²) in [4.78, 5) is 30.5. The molecule has 0 spiro atoms. The highest BCUT2D eigenvalue weighted by Crippen LogP contribution is 2.28. The number of carbonyl (C=O) groups is 2. The van der Waals surface area contributed by atoms with E-state index in [9.17, 15) is 18.0 Å². The summed E-state index contributed by atoms with van der Waals surface area (Å²) >= 11 is 0. The number of hydrogen-bond acceptors (Lipinski definition) is 5. The average Bonchev–Trinajstić information content (AvgIpc) is 3.59. The van der Waals surface area contributed by atoms with E-state index in [1.165, 1.54) is 0 Å². The molecule has 0 aromatic heterocycles. The van der Waals surface area contributed by atoms with Gasteiger partial charge in [-0.3, -0.25) is 13.9 Å². The molecule has 0 bridgehead atoms. The van der Waals surface area contributed by atoms with E-state index < -0.39 is 28.5 Å². The first-order valence-corrected chi connectivity index (χ1v) is 18.1. The Hall–Kier alpha value is -4.63. The molecule has 48 heavy (non-hydrogen) atoms. The third kappa shape index (κ3) is 8.83. The smallest absolute Gasteiger partial charge is 0.264 e. The van der Waals surface area contributed by atoms with Gasteiger partial charge < -0.3 is 15.0 Å². The van der Waals surface area contributed by atoms with Crippen molar-refractivity contribution in [3.8, 4) is 5.75 Å². The van der Waals surface area contributed by atoms with Crippen LogP contribution in [0.1, 0.15) is 54.9 Å². The Morgan fingerprint density at radius 1 is 0.833 bits per heavy atom. The van der Waals surface area contributed by atoms with Crippen molar-refractivity contribution in [2.45, 2.75) is 76.4 Å². The zero-order chi connectivity index (χ0) is 34.1. The Balaban J connectivity index is 1.56. The Morgan fingerprint density at radius 3 is 2.15 bits per heavy atom. The summed E-state index contributed by atoms with van der Waals surface area (Å²) in [5.41, 5.74) is 4.01. The molecule has 1 fully saturated rings. The number of amides is 2. The van der Waals surface area contributed by atoms with Crippen molar-refractivity contribution in [1.82, 2.24) is 10.2 Å². The third-order valence-corrected chi connectivity index (χ3v) is 10.5. The minimum atomic E-state index is -4.18. The Morgan fingerprint density at radius 2 is 1.50 bits per heavy atom. The first-order chi connectivity index (χ1) is 23.1. The molecule has 1 saturated carbocycles. The van der Waals surface area contributed by atoms with E-state index in [-0.39, 0.29) is 29.8 Å². The number of ether oxygens (including phenoxy) is 1. The van der Waals surface area contributed by atoms with Gasteiger partial charge >= 0.3 is 0 Å². The van der Waals surface area contributed by atoms with E-state index in [0.717, 1.165) is 52.2 Å².